The van der Waals surface area contributed by atoms with Gasteiger partial charge in [0.15, 0.2) is 0 Å². The minimum absolute atomic E-state index is 0.0354. The van der Waals surface area contributed by atoms with Crippen molar-refractivity contribution < 1.29 is 4.79 Å². The molecule has 102 valence electrons. The van der Waals surface area contributed by atoms with Crippen molar-refractivity contribution in [3.05, 3.63) is 65.7 Å². The van der Waals surface area contributed by atoms with E-state index in [4.69, 9.17) is 0 Å². The molecule has 2 atom stereocenters. The van der Waals surface area contributed by atoms with Gasteiger partial charge in [-0.3, -0.25) is 4.79 Å². The topological polar surface area (TPSA) is 29.1 Å². The van der Waals surface area contributed by atoms with Gasteiger partial charge in [0.25, 0.3) is 5.91 Å². The highest BCUT2D eigenvalue weighted by Gasteiger charge is 2.37. The maximum atomic E-state index is 12.2. The molecule has 0 saturated heterocycles. The lowest BCUT2D eigenvalue weighted by Gasteiger charge is -2.11. The molecule has 0 heterocycles. The van der Waals surface area contributed by atoms with Crippen LogP contribution in [0.2, 0.25) is 0 Å². The number of hydrogen-bond acceptors (Lipinski definition) is 1. The average molecular weight is 265 g/mol. The predicted molar refractivity (Wildman–Crippen MR) is 82.0 cm³/mol. The van der Waals surface area contributed by atoms with Crippen molar-refractivity contribution in [1.82, 2.24) is 0 Å². The summed E-state index contributed by atoms with van der Waals surface area (Å²) >= 11 is 0. The second kappa shape index (κ2) is 5.49. The summed E-state index contributed by atoms with van der Waals surface area (Å²) in [6.07, 6.45) is 2.46. The Bertz CT molecular complexity index is 606. The molecule has 0 aromatic heterocycles. The zero-order valence-electron chi connectivity index (χ0n) is 11.7. The average Bonchev–Trinajstić information content (AvgIpc) is 3.28. The smallest absolute Gasteiger partial charge is 0.255 e. The first-order chi connectivity index (χ1) is 9.79. The Labute approximate surface area is 119 Å². The Morgan fingerprint density at radius 2 is 1.80 bits per heavy atom. The SMILES string of the molecule is CCC1CC1c1ccccc1NC(=O)c1ccccc1. The number of carbonyl (C=O) groups is 1. The number of carbonyl (C=O) groups excluding carboxylic acids is 1. The number of para-hydroxylation sites is 1. The number of benzene rings is 2. The Hall–Kier alpha value is -2.09. The molecule has 0 radical (unpaired) electrons. The third kappa shape index (κ3) is 2.60. The molecule has 0 aliphatic heterocycles. The lowest BCUT2D eigenvalue weighted by molar-refractivity contribution is 0.102. The highest BCUT2D eigenvalue weighted by molar-refractivity contribution is 6.04. The van der Waals surface area contributed by atoms with Crippen LogP contribution < -0.4 is 5.32 Å². The molecular formula is C18H19NO. The van der Waals surface area contributed by atoms with E-state index in [2.05, 4.69) is 24.4 Å². The first kappa shape index (κ1) is 12.9. The molecule has 20 heavy (non-hydrogen) atoms. The molecule has 1 amide bonds. The summed E-state index contributed by atoms with van der Waals surface area (Å²) in [5, 5.41) is 3.05. The largest absolute Gasteiger partial charge is 0.322 e. The number of nitrogens with one attached hydrogen (secondary N) is 1. The van der Waals surface area contributed by atoms with E-state index in [0.29, 0.717) is 11.5 Å². The molecule has 0 spiro atoms. The maximum absolute atomic E-state index is 12.2. The van der Waals surface area contributed by atoms with Crippen LogP contribution in [-0.4, -0.2) is 5.91 Å². The quantitative estimate of drug-likeness (QED) is 0.869. The zero-order chi connectivity index (χ0) is 13.9. The van der Waals surface area contributed by atoms with E-state index in [-0.39, 0.29) is 5.91 Å². The van der Waals surface area contributed by atoms with Crippen molar-refractivity contribution in [3.63, 3.8) is 0 Å². The van der Waals surface area contributed by atoms with E-state index < -0.39 is 0 Å². The Morgan fingerprint density at radius 1 is 1.10 bits per heavy atom. The maximum Gasteiger partial charge on any atom is 0.255 e. The number of amides is 1. The number of hydrogen-bond donors (Lipinski definition) is 1. The fourth-order valence-corrected chi connectivity index (χ4v) is 2.80. The lowest BCUT2D eigenvalue weighted by atomic mass is 10.1. The van der Waals surface area contributed by atoms with Crippen LogP contribution in [0.1, 0.15) is 41.6 Å². The van der Waals surface area contributed by atoms with Crippen molar-refractivity contribution in [2.24, 2.45) is 5.92 Å². The summed E-state index contributed by atoms with van der Waals surface area (Å²) in [7, 11) is 0. The fourth-order valence-electron chi connectivity index (χ4n) is 2.80. The van der Waals surface area contributed by atoms with Gasteiger partial charge >= 0.3 is 0 Å². The van der Waals surface area contributed by atoms with Crippen molar-refractivity contribution in [1.29, 1.82) is 0 Å². The second-order valence-electron chi connectivity index (χ2n) is 5.42. The van der Waals surface area contributed by atoms with Gasteiger partial charge in [-0.15, -0.1) is 0 Å². The van der Waals surface area contributed by atoms with E-state index in [9.17, 15) is 4.79 Å². The van der Waals surface area contributed by atoms with Gasteiger partial charge in [-0.05, 0) is 42.0 Å². The van der Waals surface area contributed by atoms with Gasteiger partial charge in [0.05, 0.1) is 0 Å². The minimum Gasteiger partial charge on any atom is -0.322 e. The monoisotopic (exact) mass is 265 g/mol. The lowest BCUT2D eigenvalue weighted by Crippen LogP contribution is -2.13. The summed E-state index contributed by atoms with van der Waals surface area (Å²) in [5.74, 6) is 1.36. The normalized spacial score (nSPS) is 20.4. The van der Waals surface area contributed by atoms with Crippen molar-refractivity contribution in [3.8, 4) is 0 Å². The van der Waals surface area contributed by atoms with E-state index in [1.165, 1.54) is 18.4 Å². The van der Waals surface area contributed by atoms with Crippen LogP contribution in [0.3, 0.4) is 0 Å². The first-order valence-corrected chi connectivity index (χ1v) is 7.25. The van der Waals surface area contributed by atoms with Gasteiger partial charge in [-0.25, -0.2) is 0 Å². The van der Waals surface area contributed by atoms with E-state index in [0.717, 1.165) is 11.6 Å². The fraction of sp³-hybridized carbons (Fsp3) is 0.278. The van der Waals surface area contributed by atoms with Crippen LogP contribution in [-0.2, 0) is 0 Å². The number of rotatable bonds is 4. The van der Waals surface area contributed by atoms with Gasteiger partial charge in [-0.1, -0.05) is 49.7 Å². The van der Waals surface area contributed by atoms with E-state index in [1.807, 2.05) is 42.5 Å². The van der Waals surface area contributed by atoms with Crippen LogP contribution >= 0.6 is 0 Å². The Kier molecular flexibility index (Phi) is 3.55. The zero-order valence-corrected chi connectivity index (χ0v) is 11.7. The summed E-state index contributed by atoms with van der Waals surface area (Å²) < 4.78 is 0. The Morgan fingerprint density at radius 3 is 2.50 bits per heavy atom. The third-order valence-electron chi connectivity index (χ3n) is 4.09. The molecule has 2 aromatic rings. The Balaban J connectivity index is 1.80. The first-order valence-electron chi connectivity index (χ1n) is 7.25. The standard InChI is InChI=1S/C18H19NO/c1-2-13-12-16(13)15-10-6-7-11-17(15)19-18(20)14-8-4-3-5-9-14/h3-11,13,16H,2,12H2,1H3,(H,19,20). The molecule has 0 bridgehead atoms. The van der Waals surface area contributed by atoms with E-state index in [1.54, 1.807) is 0 Å². The molecule has 2 unspecified atom stereocenters. The van der Waals surface area contributed by atoms with Crippen molar-refractivity contribution in [2.75, 3.05) is 5.32 Å². The summed E-state index contributed by atoms with van der Waals surface area (Å²) in [6, 6.07) is 17.5. The highest BCUT2D eigenvalue weighted by Crippen LogP contribution is 2.51. The van der Waals surface area contributed by atoms with Crippen molar-refractivity contribution >= 4 is 11.6 Å². The molecule has 2 heteroatoms. The third-order valence-corrected chi connectivity index (χ3v) is 4.09. The molecule has 1 aliphatic carbocycles. The van der Waals surface area contributed by atoms with Crippen LogP contribution in [0.15, 0.2) is 54.6 Å². The molecular weight excluding hydrogens is 246 g/mol. The van der Waals surface area contributed by atoms with Crippen LogP contribution in [0, 0.1) is 5.92 Å². The molecule has 1 saturated carbocycles. The summed E-state index contributed by atoms with van der Waals surface area (Å²) in [4.78, 5) is 12.2. The molecule has 2 aromatic carbocycles. The molecule has 1 fully saturated rings. The molecule has 2 nitrogen and oxygen atoms in total. The molecule has 1 aliphatic rings. The van der Waals surface area contributed by atoms with E-state index >= 15 is 0 Å². The van der Waals surface area contributed by atoms with Crippen LogP contribution in [0.25, 0.3) is 0 Å². The van der Waals surface area contributed by atoms with Gasteiger partial charge in [0.1, 0.15) is 0 Å². The second-order valence-corrected chi connectivity index (χ2v) is 5.42. The van der Waals surface area contributed by atoms with Crippen molar-refractivity contribution in [2.45, 2.75) is 25.7 Å². The van der Waals surface area contributed by atoms with Gasteiger partial charge in [0.2, 0.25) is 0 Å². The van der Waals surface area contributed by atoms with Gasteiger partial charge < -0.3 is 5.32 Å². The van der Waals surface area contributed by atoms with Crippen LogP contribution in [0.4, 0.5) is 5.69 Å². The number of anilines is 1. The van der Waals surface area contributed by atoms with Crippen LogP contribution in [0.5, 0.6) is 0 Å². The predicted octanol–water partition coefficient (Wildman–Crippen LogP) is 4.45. The van der Waals surface area contributed by atoms with Gasteiger partial charge in [-0.2, -0.15) is 0 Å². The molecule has 1 N–H and O–H groups in total. The molecule has 3 rings (SSSR count). The summed E-state index contributed by atoms with van der Waals surface area (Å²) in [6.45, 7) is 2.23. The minimum atomic E-state index is -0.0354. The highest BCUT2D eigenvalue weighted by atomic mass is 16.1. The summed E-state index contributed by atoms with van der Waals surface area (Å²) in [5.41, 5.74) is 2.94. The van der Waals surface area contributed by atoms with Gasteiger partial charge in [0, 0.05) is 11.3 Å².